The first-order valence-corrected chi connectivity index (χ1v) is 13.2. The second-order valence-corrected chi connectivity index (χ2v) is 11.1. The zero-order valence-corrected chi connectivity index (χ0v) is 21.9. The third-order valence-electron chi connectivity index (χ3n) is 8.09. The molecule has 2 aromatic carbocycles. The van der Waals surface area contributed by atoms with Crippen molar-refractivity contribution in [1.82, 2.24) is 24.5 Å². The summed E-state index contributed by atoms with van der Waals surface area (Å²) in [6.07, 6.45) is 6.65. The van der Waals surface area contributed by atoms with E-state index in [1.807, 2.05) is 36.4 Å². The standard InChI is InChI=1S/C31H28FN5O2/c1-17-26-27(17)29-36-23-13-22(32)21(19-14-34-30(35-15-19)31(2,3)38)12-24(23)37(29)28(26)20-6-4-5-7-25(20)39-16-18-8-10-33-11-9-18/h4-15,17,26-28,38H,16H2,1-3H3/t17-,26+,27-,28+/m0/s1. The molecule has 7 nitrogen and oxygen atoms in total. The summed E-state index contributed by atoms with van der Waals surface area (Å²) in [6, 6.07) is 15.5. The molecule has 4 atom stereocenters. The lowest BCUT2D eigenvalue weighted by molar-refractivity contribution is 0.0687. The van der Waals surface area contributed by atoms with Crippen LogP contribution in [0.25, 0.3) is 22.2 Å². The summed E-state index contributed by atoms with van der Waals surface area (Å²) in [6.45, 7) is 5.95. The van der Waals surface area contributed by atoms with Crippen molar-refractivity contribution in [1.29, 1.82) is 0 Å². The van der Waals surface area contributed by atoms with Gasteiger partial charge in [-0.15, -0.1) is 0 Å². The van der Waals surface area contributed by atoms with Crippen LogP contribution >= 0.6 is 0 Å². The lowest BCUT2D eigenvalue weighted by Gasteiger charge is -2.22. The van der Waals surface area contributed by atoms with Crippen molar-refractivity contribution in [2.45, 2.75) is 44.9 Å². The smallest absolute Gasteiger partial charge is 0.159 e. The van der Waals surface area contributed by atoms with E-state index in [1.54, 1.807) is 38.6 Å². The van der Waals surface area contributed by atoms with Crippen LogP contribution in [0.15, 0.2) is 73.3 Å². The van der Waals surface area contributed by atoms with Gasteiger partial charge in [0.2, 0.25) is 0 Å². The Hall–Kier alpha value is -4.17. The van der Waals surface area contributed by atoms with Crippen LogP contribution in [0.1, 0.15) is 55.5 Å². The molecular weight excluding hydrogens is 493 g/mol. The SMILES string of the molecule is C[C@@H]1[C@@H]2c3nc4cc(F)c(-c5cnc(C(C)(C)O)nc5)cc4n3[C@H](c3ccccc3OCc3ccncc3)[C@H]12. The minimum atomic E-state index is -1.18. The molecule has 7 rings (SSSR count). The second-order valence-electron chi connectivity index (χ2n) is 11.1. The first-order valence-electron chi connectivity index (χ1n) is 13.2. The number of benzene rings is 2. The quantitative estimate of drug-likeness (QED) is 0.305. The molecule has 0 spiro atoms. The predicted octanol–water partition coefficient (Wildman–Crippen LogP) is 5.79. The van der Waals surface area contributed by atoms with Crippen LogP contribution < -0.4 is 4.74 Å². The number of imidazole rings is 1. The van der Waals surface area contributed by atoms with Gasteiger partial charge in [-0.25, -0.2) is 19.3 Å². The van der Waals surface area contributed by atoms with Crippen molar-refractivity contribution >= 4 is 11.0 Å². The monoisotopic (exact) mass is 521 g/mol. The number of pyridine rings is 1. The number of nitrogens with zero attached hydrogens (tertiary/aromatic N) is 5. The fraction of sp³-hybridized carbons (Fsp3) is 0.290. The first-order chi connectivity index (χ1) is 18.8. The Bertz CT molecular complexity index is 1690. The summed E-state index contributed by atoms with van der Waals surface area (Å²) in [5.74, 6) is 2.97. The van der Waals surface area contributed by atoms with Crippen LogP contribution in [0, 0.1) is 17.7 Å². The maximum atomic E-state index is 15.4. The van der Waals surface area contributed by atoms with Crippen LogP contribution in [0.5, 0.6) is 5.75 Å². The number of fused-ring (bicyclic) bond motifs is 5. The number of halogens is 1. The molecule has 0 unspecified atom stereocenters. The van der Waals surface area contributed by atoms with E-state index in [-0.39, 0.29) is 17.7 Å². The number of aliphatic hydroxyl groups is 1. The largest absolute Gasteiger partial charge is 0.489 e. The lowest BCUT2D eigenvalue weighted by atomic mass is 9.99. The van der Waals surface area contributed by atoms with Crippen molar-refractivity contribution in [2.24, 2.45) is 11.8 Å². The molecule has 0 amide bonds. The average Bonchev–Trinajstić information content (AvgIpc) is 3.27. The third-order valence-corrected chi connectivity index (χ3v) is 8.09. The Labute approximate surface area is 225 Å². The van der Waals surface area contributed by atoms with Crippen LogP contribution in [0.4, 0.5) is 4.39 Å². The van der Waals surface area contributed by atoms with Gasteiger partial charge in [0.05, 0.1) is 17.1 Å². The molecule has 5 aromatic rings. The highest BCUT2D eigenvalue weighted by Gasteiger charge is 2.61. The van der Waals surface area contributed by atoms with E-state index in [9.17, 15) is 5.11 Å². The van der Waals surface area contributed by atoms with Crippen molar-refractivity contribution in [3.8, 4) is 16.9 Å². The van der Waals surface area contributed by atoms with E-state index < -0.39 is 5.60 Å². The molecule has 1 fully saturated rings. The Kier molecular flexibility index (Phi) is 5.32. The van der Waals surface area contributed by atoms with Gasteiger partial charge in [-0.1, -0.05) is 25.1 Å². The molecule has 8 heteroatoms. The summed E-state index contributed by atoms with van der Waals surface area (Å²) in [5, 5.41) is 10.2. The summed E-state index contributed by atoms with van der Waals surface area (Å²) < 4.78 is 24.0. The normalized spacial score (nSPS) is 21.6. The van der Waals surface area contributed by atoms with Gasteiger partial charge in [0.25, 0.3) is 0 Å². The molecule has 0 bridgehead atoms. The topological polar surface area (TPSA) is 86.0 Å². The van der Waals surface area contributed by atoms with Gasteiger partial charge in [-0.3, -0.25) is 4.98 Å². The summed E-state index contributed by atoms with van der Waals surface area (Å²) >= 11 is 0. The zero-order valence-electron chi connectivity index (χ0n) is 21.9. The maximum Gasteiger partial charge on any atom is 0.159 e. The van der Waals surface area contributed by atoms with E-state index >= 15 is 4.39 Å². The molecule has 1 aliphatic carbocycles. The molecular formula is C31H28FN5O2. The Morgan fingerprint density at radius 2 is 1.79 bits per heavy atom. The predicted molar refractivity (Wildman–Crippen MR) is 145 cm³/mol. The molecule has 1 saturated carbocycles. The van der Waals surface area contributed by atoms with Gasteiger partial charge in [-0.2, -0.15) is 0 Å². The number of hydrogen-bond donors (Lipinski definition) is 1. The minimum absolute atomic E-state index is 0.0331. The number of para-hydroxylation sites is 1. The van der Waals surface area contributed by atoms with Crippen molar-refractivity contribution < 1.29 is 14.2 Å². The Morgan fingerprint density at radius 3 is 2.54 bits per heavy atom. The van der Waals surface area contributed by atoms with Gasteiger partial charge in [-0.05, 0) is 55.5 Å². The third kappa shape index (κ3) is 3.89. The lowest BCUT2D eigenvalue weighted by Crippen LogP contribution is -2.19. The van der Waals surface area contributed by atoms with E-state index in [4.69, 9.17) is 9.72 Å². The number of aromatic nitrogens is 5. The first kappa shape index (κ1) is 23.9. The fourth-order valence-corrected chi connectivity index (χ4v) is 6.07. The van der Waals surface area contributed by atoms with Crippen LogP contribution in [-0.2, 0) is 12.2 Å². The molecule has 1 aliphatic heterocycles. The molecule has 1 N–H and O–H groups in total. The van der Waals surface area contributed by atoms with Gasteiger partial charge < -0.3 is 14.4 Å². The zero-order chi connectivity index (χ0) is 26.9. The second kappa shape index (κ2) is 8.68. The fourth-order valence-electron chi connectivity index (χ4n) is 6.07. The molecule has 196 valence electrons. The average molecular weight is 522 g/mol. The highest BCUT2D eigenvalue weighted by atomic mass is 19.1. The maximum absolute atomic E-state index is 15.4. The van der Waals surface area contributed by atoms with Crippen molar-refractivity contribution in [2.75, 3.05) is 0 Å². The molecule has 39 heavy (non-hydrogen) atoms. The van der Waals surface area contributed by atoms with Gasteiger partial charge in [0, 0.05) is 53.5 Å². The van der Waals surface area contributed by atoms with E-state index in [0.29, 0.717) is 41.0 Å². The highest BCUT2D eigenvalue weighted by Crippen LogP contribution is 2.66. The molecule has 2 aliphatic rings. The molecule has 3 aromatic heterocycles. The van der Waals surface area contributed by atoms with Gasteiger partial charge in [0.15, 0.2) is 5.82 Å². The Balaban J connectivity index is 1.31. The molecule has 4 heterocycles. The molecule has 0 radical (unpaired) electrons. The van der Waals surface area contributed by atoms with E-state index in [0.717, 1.165) is 28.2 Å². The van der Waals surface area contributed by atoms with Crippen molar-refractivity contribution in [3.05, 3.63) is 102 Å². The summed E-state index contributed by atoms with van der Waals surface area (Å²) in [7, 11) is 0. The minimum Gasteiger partial charge on any atom is -0.489 e. The van der Waals surface area contributed by atoms with Crippen LogP contribution in [-0.4, -0.2) is 29.6 Å². The number of rotatable bonds is 6. The summed E-state index contributed by atoms with van der Waals surface area (Å²) in [5.41, 5.74) is 3.45. The van der Waals surface area contributed by atoms with Crippen LogP contribution in [0.2, 0.25) is 0 Å². The van der Waals surface area contributed by atoms with E-state index in [1.165, 1.54) is 6.07 Å². The van der Waals surface area contributed by atoms with E-state index in [2.05, 4.69) is 32.5 Å². The van der Waals surface area contributed by atoms with Gasteiger partial charge in [0.1, 0.15) is 29.6 Å². The number of hydrogen-bond acceptors (Lipinski definition) is 6. The number of ether oxygens (including phenoxy) is 1. The Morgan fingerprint density at radius 1 is 1.05 bits per heavy atom. The molecule has 0 saturated heterocycles. The highest BCUT2D eigenvalue weighted by molar-refractivity contribution is 5.84. The summed E-state index contributed by atoms with van der Waals surface area (Å²) in [4.78, 5) is 17.6. The van der Waals surface area contributed by atoms with Crippen LogP contribution in [0.3, 0.4) is 0 Å². The van der Waals surface area contributed by atoms with Gasteiger partial charge >= 0.3 is 0 Å². The van der Waals surface area contributed by atoms with Crippen molar-refractivity contribution in [3.63, 3.8) is 0 Å².